The molecule has 2 atom stereocenters. The smallest absolute Gasteiger partial charge is 0.244 e. The molecule has 21 heavy (non-hydrogen) atoms. The fraction of sp³-hybridized carbons (Fsp3) is 0.692. The van der Waals surface area contributed by atoms with Crippen LogP contribution >= 0.6 is 11.6 Å². The average Bonchev–Trinajstić information content (AvgIpc) is 3.06. The summed E-state index contributed by atoms with van der Waals surface area (Å²) in [5.74, 6) is -0.0513. The van der Waals surface area contributed by atoms with Crippen molar-refractivity contribution in [1.82, 2.24) is 19.6 Å². The zero-order valence-corrected chi connectivity index (χ0v) is 12.4. The molecule has 0 aromatic carbocycles. The van der Waals surface area contributed by atoms with E-state index < -0.39 is 6.10 Å². The summed E-state index contributed by atoms with van der Waals surface area (Å²) < 4.78 is 6.84. The first-order valence-electron chi connectivity index (χ1n) is 7.09. The lowest BCUT2D eigenvalue weighted by atomic mass is 10.2. The molecule has 2 fully saturated rings. The lowest BCUT2D eigenvalue weighted by molar-refractivity contribution is -0.131. The number of hydrogen-bond acceptors (Lipinski definition) is 5. The topological polar surface area (TPSA) is 70.8 Å². The predicted octanol–water partition coefficient (Wildman–Crippen LogP) is -0.560. The number of carbonyl (C=O) groups is 1. The molecule has 8 heteroatoms. The molecule has 0 saturated carbocycles. The lowest BCUT2D eigenvalue weighted by Gasteiger charge is -2.33. The maximum Gasteiger partial charge on any atom is 0.244 e. The van der Waals surface area contributed by atoms with Gasteiger partial charge in [0.15, 0.2) is 0 Å². The Balaban J connectivity index is 1.58. The van der Waals surface area contributed by atoms with Gasteiger partial charge in [-0.05, 0) is 0 Å². The van der Waals surface area contributed by atoms with Crippen molar-refractivity contribution in [3.8, 4) is 0 Å². The first-order chi connectivity index (χ1) is 10.1. The van der Waals surface area contributed by atoms with Crippen molar-refractivity contribution < 1.29 is 14.6 Å². The minimum Gasteiger partial charge on any atom is -0.390 e. The van der Waals surface area contributed by atoms with Crippen LogP contribution in [0.1, 0.15) is 0 Å². The molecule has 2 aliphatic rings. The second kappa shape index (κ2) is 6.31. The number of β-amino-alcohol motifs (C(OH)–C–C–N with tert-alkyl or cyclic N) is 1. The monoisotopic (exact) mass is 314 g/mol. The molecule has 1 amide bonds. The molecule has 0 spiro atoms. The molecule has 0 bridgehead atoms. The summed E-state index contributed by atoms with van der Waals surface area (Å²) >= 11 is 5.78. The zero-order chi connectivity index (χ0) is 14.8. The summed E-state index contributed by atoms with van der Waals surface area (Å²) in [7, 11) is 0. The van der Waals surface area contributed by atoms with E-state index in [1.54, 1.807) is 11.1 Å². The highest BCUT2D eigenvalue weighted by Crippen LogP contribution is 2.18. The Morgan fingerprint density at radius 2 is 2.19 bits per heavy atom. The van der Waals surface area contributed by atoms with Gasteiger partial charge in [0, 0.05) is 32.4 Å². The van der Waals surface area contributed by atoms with Crippen molar-refractivity contribution in [3.63, 3.8) is 0 Å². The van der Waals surface area contributed by atoms with Crippen LogP contribution in [0.15, 0.2) is 12.4 Å². The first-order valence-corrected chi connectivity index (χ1v) is 7.47. The molecule has 7 nitrogen and oxygen atoms in total. The van der Waals surface area contributed by atoms with Gasteiger partial charge >= 0.3 is 0 Å². The molecule has 116 valence electrons. The van der Waals surface area contributed by atoms with Crippen LogP contribution < -0.4 is 0 Å². The van der Waals surface area contributed by atoms with E-state index in [1.165, 1.54) is 10.9 Å². The Bertz CT molecular complexity index is 503. The van der Waals surface area contributed by atoms with E-state index in [0.717, 1.165) is 13.1 Å². The van der Waals surface area contributed by atoms with Gasteiger partial charge in [-0.1, -0.05) is 11.6 Å². The molecule has 2 aliphatic heterocycles. The second-order valence-electron chi connectivity index (χ2n) is 5.44. The van der Waals surface area contributed by atoms with Gasteiger partial charge in [-0.25, -0.2) is 0 Å². The summed E-state index contributed by atoms with van der Waals surface area (Å²) in [6.07, 6.45) is 2.61. The van der Waals surface area contributed by atoms with Crippen LogP contribution in [0.3, 0.4) is 0 Å². The van der Waals surface area contributed by atoms with Gasteiger partial charge in [-0.15, -0.1) is 0 Å². The van der Waals surface area contributed by atoms with Crippen molar-refractivity contribution >= 4 is 17.5 Å². The van der Waals surface area contributed by atoms with Crippen molar-refractivity contribution in [3.05, 3.63) is 17.4 Å². The average molecular weight is 315 g/mol. The van der Waals surface area contributed by atoms with E-state index in [1.807, 2.05) is 0 Å². The number of carbonyl (C=O) groups excluding carboxylic acids is 1. The summed E-state index contributed by atoms with van der Waals surface area (Å²) in [5, 5.41) is 14.7. The Labute approximate surface area is 128 Å². The number of ether oxygens (including phenoxy) is 1. The van der Waals surface area contributed by atoms with Crippen LogP contribution in [0.2, 0.25) is 5.02 Å². The number of hydrogen-bond donors (Lipinski definition) is 1. The molecule has 1 aromatic rings. The SMILES string of the molecule is O=C(Cn1cc(Cl)cn1)N1C[C@@H](O)[C@H](N2CCOCC2)C1. The largest absolute Gasteiger partial charge is 0.390 e. The van der Waals surface area contributed by atoms with E-state index in [0.29, 0.717) is 31.3 Å². The number of aromatic nitrogens is 2. The number of likely N-dealkylation sites (tertiary alicyclic amines) is 1. The van der Waals surface area contributed by atoms with E-state index >= 15 is 0 Å². The van der Waals surface area contributed by atoms with E-state index in [-0.39, 0.29) is 18.5 Å². The molecular formula is C13H19ClN4O3. The third kappa shape index (κ3) is 3.37. The highest BCUT2D eigenvalue weighted by molar-refractivity contribution is 6.30. The molecule has 0 unspecified atom stereocenters. The lowest BCUT2D eigenvalue weighted by Crippen LogP contribution is -2.49. The van der Waals surface area contributed by atoms with Gasteiger partial charge in [0.25, 0.3) is 0 Å². The standard InChI is InChI=1S/C13H19ClN4O3/c14-10-5-15-18(6-10)9-13(20)17-7-11(12(19)8-17)16-1-3-21-4-2-16/h5-6,11-12,19H,1-4,7-9H2/t11-,12-/m1/s1. The summed E-state index contributed by atoms with van der Waals surface area (Å²) in [4.78, 5) is 16.2. The number of halogens is 1. The Hall–Kier alpha value is -1.15. The fourth-order valence-corrected chi connectivity index (χ4v) is 3.06. The summed E-state index contributed by atoms with van der Waals surface area (Å²) in [5.41, 5.74) is 0. The van der Waals surface area contributed by atoms with Gasteiger partial charge in [0.05, 0.1) is 36.6 Å². The first kappa shape index (κ1) is 14.8. The van der Waals surface area contributed by atoms with Crippen molar-refractivity contribution in [2.75, 3.05) is 39.4 Å². The third-order valence-corrected chi connectivity index (χ3v) is 4.22. The fourth-order valence-electron chi connectivity index (χ4n) is 2.90. The van der Waals surface area contributed by atoms with E-state index in [2.05, 4.69) is 10.00 Å². The maximum absolute atomic E-state index is 12.3. The Morgan fingerprint density at radius 3 is 2.86 bits per heavy atom. The van der Waals surface area contributed by atoms with Gasteiger partial charge in [-0.3, -0.25) is 14.4 Å². The molecule has 1 aromatic heterocycles. The Morgan fingerprint density at radius 1 is 1.43 bits per heavy atom. The number of aliphatic hydroxyl groups excluding tert-OH is 1. The van der Waals surface area contributed by atoms with E-state index in [4.69, 9.17) is 16.3 Å². The van der Waals surface area contributed by atoms with Crippen molar-refractivity contribution in [2.24, 2.45) is 0 Å². The minimum atomic E-state index is -0.506. The number of amides is 1. The van der Waals surface area contributed by atoms with Gasteiger partial charge in [0.1, 0.15) is 6.54 Å². The number of rotatable bonds is 3. The summed E-state index contributed by atoms with van der Waals surface area (Å²) in [6.45, 7) is 4.04. The number of morpholine rings is 1. The molecule has 2 saturated heterocycles. The van der Waals surface area contributed by atoms with Crippen LogP contribution in [0, 0.1) is 0 Å². The molecule has 0 radical (unpaired) electrons. The maximum atomic E-state index is 12.3. The third-order valence-electron chi connectivity index (χ3n) is 4.03. The van der Waals surface area contributed by atoms with Crippen LogP contribution in [0.4, 0.5) is 0 Å². The van der Waals surface area contributed by atoms with Crippen molar-refractivity contribution in [1.29, 1.82) is 0 Å². The van der Waals surface area contributed by atoms with Gasteiger partial charge < -0.3 is 14.7 Å². The van der Waals surface area contributed by atoms with Crippen LogP contribution in [0.5, 0.6) is 0 Å². The number of aliphatic hydroxyl groups is 1. The molecule has 1 N–H and O–H groups in total. The summed E-state index contributed by atoms with van der Waals surface area (Å²) in [6, 6.07) is -0.000871. The molecule has 3 heterocycles. The molecule has 0 aliphatic carbocycles. The zero-order valence-electron chi connectivity index (χ0n) is 11.7. The van der Waals surface area contributed by atoms with Crippen molar-refractivity contribution in [2.45, 2.75) is 18.7 Å². The van der Waals surface area contributed by atoms with Gasteiger partial charge in [-0.2, -0.15) is 5.10 Å². The normalized spacial score (nSPS) is 27.2. The van der Waals surface area contributed by atoms with E-state index in [9.17, 15) is 9.90 Å². The van der Waals surface area contributed by atoms with Crippen LogP contribution in [0.25, 0.3) is 0 Å². The highest BCUT2D eigenvalue weighted by Gasteiger charge is 2.38. The quantitative estimate of drug-likeness (QED) is 0.810. The molecular weight excluding hydrogens is 296 g/mol. The molecule has 3 rings (SSSR count). The minimum absolute atomic E-state index is 0.000871. The Kier molecular flexibility index (Phi) is 4.44. The second-order valence-corrected chi connectivity index (χ2v) is 5.87. The van der Waals surface area contributed by atoms with Crippen LogP contribution in [-0.2, 0) is 16.1 Å². The van der Waals surface area contributed by atoms with Crippen LogP contribution in [-0.4, -0.2) is 82.1 Å². The number of nitrogens with zero attached hydrogens (tertiary/aromatic N) is 4. The highest BCUT2D eigenvalue weighted by atomic mass is 35.5. The predicted molar refractivity (Wildman–Crippen MR) is 76.0 cm³/mol. The van der Waals surface area contributed by atoms with Gasteiger partial charge in [0.2, 0.25) is 5.91 Å².